The molecule has 0 unspecified atom stereocenters. The first-order valence-corrected chi connectivity index (χ1v) is 12.4. The molecule has 2 aliphatic rings. The van der Waals surface area contributed by atoms with Gasteiger partial charge in [0, 0.05) is 36.4 Å². The summed E-state index contributed by atoms with van der Waals surface area (Å²) in [5, 5.41) is 4.37. The van der Waals surface area contributed by atoms with E-state index in [9.17, 15) is 0 Å². The number of hydrogen-bond donors (Lipinski definition) is 1. The Morgan fingerprint density at radius 2 is 1.97 bits per heavy atom. The Morgan fingerprint density at radius 1 is 1.15 bits per heavy atom. The van der Waals surface area contributed by atoms with Crippen molar-refractivity contribution in [2.75, 3.05) is 13.2 Å². The van der Waals surface area contributed by atoms with E-state index in [1.54, 1.807) is 0 Å². The molecular weight excluding hydrogens is 428 g/mol. The van der Waals surface area contributed by atoms with Crippen molar-refractivity contribution in [3.63, 3.8) is 0 Å². The summed E-state index contributed by atoms with van der Waals surface area (Å²) < 4.78 is 8.40. The molecule has 0 saturated carbocycles. The van der Waals surface area contributed by atoms with Crippen LogP contribution in [0.4, 0.5) is 0 Å². The molecule has 0 amide bonds. The maximum atomic E-state index is 6.00. The van der Waals surface area contributed by atoms with Gasteiger partial charge in [0.2, 0.25) is 0 Å². The van der Waals surface area contributed by atoms with Crippen LogP contribution in [-0.4, -0.2) is 38.8 Å². The second-order valence-corrected chi connectivity index (χ2v) is 9.44. The standard InChI is InChI=1S/C27H32N4OS/c1-4-20-10-5-6-13-24(20)31-18(2)16-22(19(31)3)26-25(23-12-7-8-14-28-23)29-27(33)30(26)17-21-11-9-15-32-21/h5-8,10,12-14,16,21,25-26H,4,9,11,15,17H2,1-3H3,(H,29,33)/t21-,25-,26+/m0/s1. The molecule has 4 heterocycles. The molecule has 5 nitrogen and oxygen atoms in total. The van der Waals surface area contributed by atoms with E-state index in [-0.39, 0.29) is 18.2 Å². The molecule has 2 fully saturated rings. The third kappa shape index (κ3) is 4.06. The largest absolute Gasteiger partial charge is 0.376 e. The van der Waals surface area contributed by atoms with Crippen LogP contribution in [0.2, 0.25) is 0 Å². The smallest absolute Gasteiger partial charge is 0.170 e. The fraction of sp³-hybridized carbons (Fsp3) is 0.407. The van der Waals surface area contributed by atoms with Crippen molar-refractivity contribution in [1.82, 2.24) is 19.8 Å². The van der Waals surface area contributed by atoms with Crippen LogP contribution in [-0.2, 0) is 11.2 Å². The average molecular weight is 461 g/mol. The van der Waals surface area contributed by atoms with Crippen molar-refractivity contribution < 1.29 is 4.74 Å². The van der Waals surface area contributed by atoms with Gasteiger partial charge in [-0.15, -0.1) is 0 Å². The Kier molecular flexibility index (Phi) is 6.21. The molecule has 3 atom stereocenters. The van der Waals surface area contributed by atoms with Crippen molar-refractivity contribution in [3.05, 3.63) is 82.9 Å². The number of aromatic nitrogens is 2. The van der Waals surface area contributed by atoms with E-state index in [2.05, 4.69) is 72.0 Å². The van der Waals surface area contributed by atoms with E-state index in [4.69, 9.17) is 21.9 Å². The van der Waals surface area contributed by atoms with Crippen LogP contribution in [0, 0.1) is 13.8 Å². The van der Waals surface area contributed by atoms with Crippen molar-refractivity contribution in [2.24, 2.45) is 0 Å². The number of nitrogens with one attached hydrogen (secondary N) is 1. The highest BCUT2D eigenvalue weighted by atomic mass is 32.1. The predicted molar refractivity (Wildman–Crippen MR) is 136 cm³/mol. The van der Waals surface area contributed by atoms with Crippen molar-refractivity contribution in [1.29, 1.82) is 0 Å². The minimum Gasteiger partial charge on any atom is -0.376 e. The summed E-state index contributed by atoms with van der Waals surface area (Å²) in [5.41, 5.74) is 7.40. The van der Waals surface area contributed by atoms with Crippen LogP contribution in [0.5, 0.6) is 0 Å². The number of ether oxygens (including phenoxy) is 1. The van der Waals surface area contributed by atoms with Gasteiger partial charge in [0.05, 0.1) is 23.9 Å². The van der Waals surface area contributed by atoms with Crippen molar-refractivity contribution >= 4 is 17.3 Å². The summed E-state index contributed by atoms with van der Waals surface area (Å²) in [6.45, 7) is 8.29. The van der Waals surface area contributed by atoms with E-state index in [0.29, 0.717) is 0 Å². The monoisotopic (exact) mass is 460 g/mol. The summed E-state index contributed by atoms with van der Waals surface area (Å²) >= 11 is 5.87. The fourth-order valence-corrected chi connectivity index (χ4v) is 5.75. The number of rotatable bonds is 6. The van der Waals surface area contributed by atoms with E-state index >= 15 is 0 Å². The van der Waals surface area contributed by atoms with Crippen LogP contribution in [0.25, 0.3) is 5.69 Å². The summed E-state index contributed by atoms with van der Waals surface area (Å²) in [7, 11) is 0. The first kappa shape index (κ1) is 22.1. The predicted octanol–water partition coefficient (Wildman–Crippen LogP) is 5.20. The van der Waals surface area contributed by atoms with Crippen LogP contribution < -0.4 is 5.32 Å². The number of nitrogens with zero attached hydrogens (tertiary/aromatic N) is 3. The van der Waals surface area contributed by atoms with Gasteiger partial charge >= 0.3 is 0 Å². The lowest BCUT2D eigenvalue weighted by molar-refractivity contribution is 0.0842. The highest BCUT2D eigenvalue weighted by Crippen LogP contribution is 2.42. The topological polar surface area (TPSA) is 42.3 Å². The zero-order valence-corrected chi connectivity index (χ0v) is 20.4. The lowest BCUT2D eigenvalue weighted by Crippen LogP contribution is -2.36. The summed E-state index contributed by atoms with van der Waals surface area (Å²) in [4.78, 5) is 7.03. The number of pyridine rings is 1. The maximum absolute atomic E-state index is 6.00. The van der Waals surface area contributed by atoms with E-state index < -0.39 is 0 Å². The zero-order valence-electron chi connectivity index (χ0n) is 19.6. The minimum absolute atomic E-state index is 0.00419. The number of benzene rings is 1. The lowest BCUT2D eigenvalue weighted by atomic mass is 9.96. The van der Waals surface area contributed by atoms with Crippen molar-refractivity contribution in [2.45, 2.75) is 58.2 Å². The molecular formula is C27H32N4OS. The Balaban J connectivity index is 1.61. The number of thiocarbonyl (C=S) groups is 1. The normalized spacial score (nSPS) is 22.7. The number of hydrogen-bond acceptors (Lipinski definition) is 3. The van der Waals surface area contributed by atoms with Gasteiger partial charge in [0.1, 0.15) is 0 Å². The van der Waals surface area contributed by atoms with E-state index in [1.165, 1.54) is 28.2 Å². The van der Waals surface area contributed by atoms with Gasteiger partial charge in [0.15, 0.2) is 5.11 Å². The third-order valence-corrected chi connectivity index (χ3v) is 7.38. The summed E-state index contributed by atoms with van der Waals surface area (Å²) in [5.74, 6) is 0. The molecule has 2 saturated heterocycles. The number of para-hydroxylation sites is 1. The molecule has 0 spiro atoms. The van der Waals surface area contributed by atoms with Gasteiger partial charge in [-0.05, 0) is 80.7 Å². The summed E-state index contributed by atoms with van der Waals surface area (Å²) in [6.07, 6.45) is 5.29. The van der Waals surface area contributed by atoms with Gasteiger partial charge in [-0.1, -0.05) is 31.2 Å². The average Bonchev–Trinajstić information content (AvgIpc) is 3.53. The van der Waals surface area contributed by atoms with Crippen LogP contribution in [0.1, 0.15) is 60.1 Å². The first-order chi connectivity index (χ1) is 16.1. The molecule has 0 radical (unpaired) electrons. The SMILES string of the molecule is CCc1ccccc1-n1c(C)cc([C@@H]2[C@H](c3ccccn3)NC(=S)N2C[C@@H]2CCCO2)c1C. The molecule has 1 aromatic carbocycles. The van der Waals surface area contributed by atoms with Gasteiger partial charge in [-0.25, -0.2) is 0 Å². The van der Waals surface area contributed by atoms with Crippen molar-refractivity contribution in [3.8, 4) is 5.69 Å². The van der Waals surface area contributed by atoms with Gasteiger partial charge < -0.3 is 19.5 Å². The molecule has 6 heteroatoms. The van der Waals surface area contributed by atoms with Gasteiger partial charge in [-0.2, -0.15) is 0 Å². The molecule has 33 heavy (non-hydrogen) atoms. The van der Waals surface area contributed by atoms with Gasteiger partial charge in [0.25, 0.3) is 0 Å². The molecule has 1 N–H and O–H groups in total. The van der Waals surface area contributed by atoms with Crippen LogP contribution in [0.15, 0.2) is 54.7 Å². The van der Waals surface area contributed by atoms with Gasteiger partial charge in [-0.3, -0.25) is 4.98 Å². The Labute approximate surface area is 201 Å². The Morgan fingerprint density at radius 3 is 2.70 bits per heavy atom. The highest BCUT2D eigenvalue weighted by Gasteiger charge is 2.42. The Bertz CT molecular complexity index is 1140. The molecule has 2 aliphatic heterocycles. The van der Waals surface area contributed by atoms with E-state index in [1.807, 2.05) is 18.3 Å². The fourth-order valence-electron chi connectivity index (χ4n) is 5.43. The quantitative estimate of drug-likeness (QED) is 0.512. The molecule has 0 aliphatic carbocycles. The minimum atomic E-state index is -0.00419. The second kappa shape index (κ2) is 9.27. The lowest BCUT2D eigenvalue weighted by Gasteiger charge is -2.30. The highest BCUT2D eigenvalue weighted by molar-refractivity contribution is 7.80. The maximum Gasteiger partial charge on any atom is 0.170 e. The van der Waals surface area contributed by atoms with Crippen LogP contribution >= 0.6 is 12.2 Å². The molecule has 2 aromatic heterocycles. The molecule has 5 rings (SSSR count). The third-order valence-electron chi connectivity index (χ3n) is 7.02. The first-order valence-electron chi connectivity index (χ1n) is 11.9. The zero-order chi connectivity index (χ0) is 22.9. The Hall–Kier alpha value is -2.70. The van der Waals surface area contributed by atoms with E-state index in [0.717, 1.165) is 43.2 Å². The number of aryl methyl sites for hydroxylation is 2. The molecule has 172 valence electrons. The molecule has 0 bridgehead atoms. The van der Waals surface area contributed by atoms with Crippen LogP contribution in [0.3, 0.4) is 0 Å². The summed E-state index contributed by atoms with van der Waals surface area (Å²) in [6, 6.07) is 17.2. The molecule has 3 aromatic rings. The second-order valence-electron chi connectivity index (χ2n) is 9.06.